The largest absolute Gasteiger partial charge is 0.361 e. The molecule has 0 atom stereocenters. The van der Waals surface area contributed by atoms with E-state index in [0.717, 1.165) is 17.2 Å². The zero-order valence-corrected chi connectivity index (χ0v) is 14.3. The summed E-state index contributed by atoms with van der Waals surface area (Å²) in [5.74, 6) is 0. The van der Waals surface area contributed by atoms with Crippen LogP contribution in [0.1, 0.15) is 63.9 Å². The van der Waals surface area contributed by atoms with Gasteiger partial charge < -0.3 is 5.32 Å². The minimum Gasteiger partial charge on any atom is -0.361 e. The SMILES string of the molecule is CCCCCCCCCCNc1nc2cc(C)ccc2s1. The summed E-state index contributed by atoms with van der Waals surface area (Å²) in [7, 11) is 0. The van der Waals surface area contributed by atoms with Gasteiger partial charge in [0.2, 0.25) is 0 Å². The van der Waals surface area contributed by atoms with Crippen molar-refractivity contribution in [2.75, 3.05) is 11.9 Å². The van der Waals surface area contributed by atoms with Crippen LogP contribution in [0.3, 0.4) is 0 Å². The first-order valence-electron chi connectivity index (χ1n) is 8.40. The van der Waals surface area contributed by atoms with Crippen molar-refractivity contribution >= 4 is 26.7 Å². The van der Waals surface area contributed by atoms with Gasteiger partial charge in [0.15, 0.2) is 5.13 Å². The molecule has 1 N–H and O–H groups in total. The zero-order valence-electron chi connectivity index (χ0n) is 13.5. The van der Waals surface area contributed by atoms with E-state index in [9.17, 15) is 0 Å². The molecule has 0 aliphatic heterocycles. The summed E-state index contributed by atoms with van der Waals surface area (Å²) < 4.78 is 1.28. The molecule has 1 aromatic heterocycles. The van der Waals surface area contributed by atoms with E-state index in [2.05, 4.69) is 42.3 Å². The molecule has 1 heterocycles. The number of nitrogens with zero attached hydrogens (tertiary/aromatic N) is 1. The van der Waals surface area contributed by atoms with Gasteiger partial charge in [-0.25, -0.2) is 4.98 Å². The maximum Gasteiger partial charge on any atom is 0.183 e. The Bertz CT molecular complexity index is 533. The molecule has 116 valence electrons. The highest BCUT2D eigenvalue weighted by Gasteiger charge is 2.02. The predicted octanol–water partition coefficient (Wildman–Crippen LogP) is 6.16. The highest BCUT2D eigenvalue weighted by molar-refractivity contribution is 7.22. The predicted molar refractivity (Wildman–Crippen MR) is 95.5 cm³/mol. The smallest absolute Gasteiger partial charge is 0.183 e. The standard InChI is InChI=1S/C18H28N2S/c1-3-4-5-6-7-8-9-10-13-19-18-20-16-14-15(2)11-12-17(16)21-18/h11-12,14H,3-10,13H2,1-2H3,(H,19,20). The first-order valence-corrected chi connectivity index (χ1v) is 9.22. The van der Waals surface area contributed by atoms with Gasteiger partial charge in [0.05, 0.1) is 10.2 Å². The molecule has 0 bridgehead atoms. The van der Waals surface area contributed by atoms with Gasteiger partial charge in [0.1, 0.15) is 0 Å². The van der Waals surface area contributed by atoms with Gasteiger partial charge in [-0.1, -0.05) is 69.3 Å². The van der Waals surface area contributed by atoms with Crippen molar-refractivity contribution in [3.63, 3.8) is 0 Å². The Labute approximate surface area is 133 Å². The average molecular weight is 305 g/mol. The van der Waals surface area contributed by atoms with E-state index in [0.29, 0.717) is 0 Å². The summed E-state index contributed by atoms with van der Waals surface area (Å²) in [6, 6.07) is 6.49. The Morgan fingerprint density at radius 3 is 2.48 bits per heavy atom. The van der Waals surface area contributed by atoms with E-state index in [4.69, 9.17) is 0 Å². The molecule has 0 radical (unpaired) electrons. The van der Waals surface area contributed by atoms with Crippen molar-refractivity contribution in [2.45, 2.75) is 65.2 Å². The summed E-state index contributed by atoms with van der Waals surface area (Å²) in [6.07, 6.45) is 10.9. The Hall–Kier alpha value is -1.09. The first kappa shape index (κ1) is 16.3. The number of thiazole rings is 1. The fraction of sp³-hybridized carbons (Fsp3) is 0.611. The number of aryl methyl sites for hydroxylation is 1. The number of anilines is 1. The van der Waals surface area contributed by atoms with Crippen molar-refractivity contribution in [3.8, 4) is 0 Å². The fourth-order valence-corrected chi connectivity index (χ4v) is 3.44. The number of fused-ring (bicyclic) bond motifs is 1. The number of aromatic nitrogens is 1. The van der Waals surface area contributed by atoms with Crippen LogP contribution in [0.5, 0.6) is 0 Å². The van der Waals surface area contributed by atoms with E-state index < -0.39 is 0 Å². The summed E-state index contributed by atoms with van der Waals surface area (Å²) >= 11 is 1.76. The number of benzene rings is 1. The zero-order chi connectivity index (χ0) is 14.9. The monoisotopic (exact) mass is 304 g/mol. The van der Waals surface area contributed by atoms with Crippen molar-refractivity contribution in [2.24, 2.45) is 0 Å². The van der Waals surface area contributed by atoms with Gasteiger partial charge in [0.25, 0.3) is 0 Å². The minimum atomic E-state index is 1.05. The lowest BCUT2D eigenvalue weighted by atomic mass is 10.1. The second-order valence-electron chi connectivity index (χ2n) is 5.89. The number of nitrogens with one attached hydrogen (secondary N) is 1. The normalized spacial score (nSPS) is 11.1. The van der Waals surface area contributed by atoms with Gasteiger partial charge in [0, 0.05) is 6.54 Å². The van der Waals surface area contributed by atoms with Crippen molar-refractivity contribution < 1.29 is 0 Å². The number of rotatable bonds is 10. The van der Waals surface area contributed by atoms with Crippen LogP contribution in [0.15, 0.2) is 18.2 Å². The lowest BCUT2D eigenvalue weighted by Gasteiger charge is -2.03. The molecule has 0 fully saturated rings. The molecular formula is C18H28N2S. The van der Waals surface area contributed by atoms with Crippen LogP contribution >= 0.6 is 11.3 Å². The molecule has 0 aliphatic carbocycles. The van der Waals surface area contributed by atoms with Gasteiger partial charge in [-0.15, -0.1) is 0 Å². The average Bonchev–Trinajstić information content (AvgIpc) is 2.87. The van der Waals surface area contributed by atoms with E-state index in [1.807, 2.05) is 0 Å². The lowest BCUT2D eigenvalue weighted by Crippen LogP contribution is -2.00. The van der Waals surface area contributed by atoms with Gasteiger partial charge in [-0.3, -0.25) is 0 Å². The van der Waals surface area contributed by atoms with Crippen LogP contribution in [-0.4, -0.2) is 11.5 Å². The molecule has 0 aliphatic rings. The van der Waals surface area contributed by atoms with Gasteiger partial charge in [-0.2, -0.15) is 0 Å². The Balaban J connectivity index is 1.59. The summed E-state index contributed by atoms with van der Waals surface area (Å²) in [5.41, 5.74) is 2.40. The highest BCUT2D eigenvalue weighted by atomic mass is 32.1. The van der Waals surface area contributed by atoms with Crippen LogP contribution in [-0.2, 0) is 0 Å². The van der Waals surface area contributed by atoms with E-state index in [-0.39, 0.29) is 0 Å². The summed E-state index contributed by atoms with van der Waals surface area (Å²) in [5, 5.41) is 4.54. The van der Waals surface area contributed by atoms with Gasteiger partial charge in [-0.05, 0) is 31.0 Å². The van der Waals surface area contributed by atoms with Crippen molar-refractivity contribution in [1.82, 2.24) is 4.98 Å². The van der Waals surface area contributed by atoms with Crippen LogP contribution in [0.2, 0.25) is 0 Å². The van der Waals surface area contributed by atoms with Gasteiger partial charge >= 0.3 is 0 Å². The second kappa shape index (κ2) is 9.04. The summed E-state index contributed by atoms with van der Waals surface area (Å²) in [6.45, 7) is 5.44. The third-order valence-electron chi connectivity index (χ3n) is 3.85. The quantitative estimate of drug-likeness (QED) is 0.532. The maximum atomic E-state index is 4.65. The Kier molecular flexibility index (Phi) is 7.01. The Morgan fingerprint density at radius 1 is 1.00 bits per heavy atom. The first-order chi connectivity index (χ1) is 10.3. The number of hydrogen-bond donors (Lipinski definition) is 1. The van der Waals surface area contributed by atoms with Crippen molar-refractivity contribution in [3.05, 3.63) is 23.8 Å². The van der Waals surface area contributed by atoms with E-state index in [1.54, 1.807) is 11.3 Å². The second-order valence-corrected chi connectivity index (χ2v) is 6.92. The number of unbranched alkanes of at least 4 members (excludes halogenated alkanes) is 7. The molecule has 1 aromatic carbocycles. The molecule has 0 unspecified atom stereocenters. The molecule has 3 heteroatoms. The maximum absolute atomic E-state index is 4.65. The summed E-state index contributed by atoms with van der Waals surface area (Å²) in [4.78, 5) is 4.65. The molecule has 2 aromatic rings. The molecule has 21 heavy (non-hydrogen) atoms. The van der Waals surface area contributed by atoms with Crippen LogP contribution in [0.4, 0.5) is 5.13 Å². The minimum absolute atomic E-state index is 1.05. The molecule has 0 saturated carbocycles. The molecule has 0 saturated heterocycles. The third-order valence-corrected chi connectivity index (χ3v) is 4.84. The van der Waals surface area contributed by atoms with Crippen LogP contribution in [0.25, 0.3) is 10.2 Å². The Morgan fingerprint density at radius 2 is 1.71 bits per heavy atom. The lowest BCUT2D eigenvalue weighted by molar-refractivity contribution is 0.581. The third kappa shape index (κ3) is 5.66. The van der Waals surface area contributed by atoms with Crippen LogP contribution in [0, 0.1) is 6.92 Å². The highest BCUT2D eigenvalue weighted by Crippen LogP contribution is 2.26. The van der Waals surface area contributed by atoms with Crippen molar-refractivity contribution in [1.29, 1.82) is 0 Å². The molecule has 0 spiro atoms. The van der Waals surface area contributed by atoms with E-state index >= 15 is 0 Å². The molecule has 2 nitrogen and oxygen atoms in total. The topological polar surface area (TPSA) is 24.9 Å². The molecule has 2 rings (SSSR count). The van der Waals surface area contributed by atoms with Crippen LogP contribution < -0.4 is 5.32 Å². The number of hydrogen-bond acceptors (Lipinski definition) is 3. The molecular weight excluding hydrogens is 276 g/mol. The van der Waals surface area contributed by atoms with E-state index in [1.165, 1.54) is 61.6 Å². The fourth-order valence-electron chi connectivity index (χ4n) is 2.57. The molecule has 0 amide bonds.